The summed E-state index contributed by atoms with van der Waals surface area (Å²) in [6.45, 7) is 5.94. The minimum Gasteiger partial charge on any atom is -0.391 e. The number of hydrogen-bond acceptors (Lipinski definition) is 4. The predicted octanol–water partition coefficient (Wildman–Crippen LogP) is 0.963. The van der Waals surface area contributed by atoms with Crippen molar-refractivity contribution >= 4 is 17.5 Å². The number of amides is 2. The third kappa shape index (κ3) is 5.83. The smallest absolute Gasteiger partial charge is 0.237 e. The summed E-state index contributed by atoms with van der Waals surface area (Å²) in [5, 5.41) is 14.9. The van der Waals surface area contributed by atoms with Crippen molar-refractivity contribution < 1.29 is 14.7 Å². The third-order valence-electron chi connectivity index (χ3n) is 3.37. The molecule has 2 atom stereocenters. The monoisotopic (exact) mass is 307 g/mol. The summed E-state index contributed by atoms with van der Waals surface area (Å²) in [6, 6.07) is 6.84. The fraction of sp³-hybridized carbons (Fsp3) is 0.500. The van der Waals surface area contributed by atoms with E-state index >= 15 is 0 Å². The largest absolute Gasteiger partial charge is 0.391 e. The van der Waals surface area contributed by atoms with E-state index < -0.39 is 18.1 Å². The molecule has 0 aliphatic carbocycles. The van der Waals surface area contributed by atoms with Gasteiger partial charge in [0.05, 0.1) is 6.10 Å². The van der Waals surface area contributed by atoms with Gasteiger partial charge in [-0.2, -0.15) is 0 Å². The molecule has 0 fully saturated rings. The van der Waals surface area contributed by atoms with Gasteiger partial charge in [-0.25, -0.2) is 0 Å². The zero-order valence-electron chi connectivity index (χ0n) is 13.3. The first kappa shape index (κ1) is 18.1. The van der Waals surface area contributed by atoms with Crippen LogP contribution in [0.2, 0.25) is 0 Å². The summed E-state index contributed by atoms with van der Waals surface area (Å²) >= 11 is 0. The van der Waals surface area contributed by atoms with Crippen LogP contribution in [0, 0.1) is 0 Å². The standard InChI is InChI=1S/C16H25N3O3/c1-10(2)12-4-6-13(7-5-12)19-14(21)8-9-18-15(11(3)20)16(17)22/h4-7,10-11,15,18,20H,8-9H2,1-3H3,(H2,17,22)(H,19,21)/t11-,15+/m1/s1. The molecule has 0 aromatic heterocycles. The first-order valence-corrected chi connectivity index (χ1v) is 7.42. The van der Waals surface area contributed by atoms with Gasteiger partial charge < -0.3 is 21.5 Å². The van der Waals surface area contributed by atoms with E-state index in [0.29, 0.717) is 5.92 Å². The summed E-state index contributed by atoms with van der Waals surface area (Å²) in [4.78, 5) is 22.9. The summed E-state index contributed by atoms with van der Waals surface area (Å²) in [6.07, 6.45) is -0.716. The molecular weight excluding hydrogens is 282 g/mol. The van der Waals surface area contributed by atoms with Crippen molar-refractivity contribution in [2.45, 2.75) is 45.3 Å². The summed E-state index contributed by atoms with van der Waals surface area (Å²) in [5.74, 6) is -0.363. The van der Waals surface area contributed by atoms with Crippen molar-refractivity contribution in [3.63, 3.8) is 0 Å². The molecule has 2 amide bonds. The van der Waals surface area contributed by atoms with Crippen LogP contribution in [0.3, 0.4) is 0 Å². The number of nitrogens with one attached hydrogen (secondary N) is 2. The molecule has 0 unspecified atom stereocenters. The molecule has 0 saturated carbocycles. The number of rotatable bonds is 8. The number of nitrogens with two attached hydrogens (primary N) is 1. The van der Waals surface area contributed by atoms with Crippen LogP contribution in [0.5, 0.6) is 0 Å². The Labute approximate surface area is 131 Å². The quantitative estimate of drug-likeness (QED) is 0.574. The summed E-state index contributed by atoms with van der Waals surface area (Å²) in [7, 11) is 0. The van der Waals surface area contributed by atoms with Gasteiger partial charge in [0.15, 0.2) is 0 Å². The first-order valence-electron chi connectivity index (χ1n) is 7.42. The molecule has 5 N–H and O–H groups in total. The Balaban J connectivity index is 2.41. The van der Waals surface area contributed by atoms with Crippen LogP contribution in [0.4, 0.5) is 5.69 Å². The van der Waals surface area contributed by atoms with E-state index in [1.807, 2.05) is 24.3 Å². The molecule has 1 aromatic rings. The Morgan fingerprint density at radius 2 is 1.77 bits per heavy atom. The first-order chi connectivity index (χ1) is 10.3. The molecule has 6 nitrogen and oxygen atoms in total. The fourth-order valence-corrected chi connectivity index (χ4v) is 2.02. The Morgan fingerprint density at radius 1 is 1.18 bits per heavy atom. The molecule has 0 aliphatic heterocycles. The van der Waals surface area contributed by atoms with Crippen LogP contribution in [0.25, 0.3) is 0 Å². The molecule has 1 aromatic carbocycles. The lowest BCUT2D eigenvalue weighted by atomic mass is 10.0. The normalized spacial score (nSPS) is 13.7. The molecule has 0 spiro atoms. The number of carbonyl (C=O) groups excluding carboxylic acids is 2. The number of aliphatic hydroxyl groups is 1. The van der Waals surface area contributed by atoms with Crippen LogP contribution in [0.1, 0.15) is 38.7 Å². The predicted molar refractivity (Wildman–Crippen MR) is 86.4 cm³/mol. The maximum absolute atomic E-state index is 11.8. The number of hydrogen-bond donors (Lipinski definition) is 4. The second kappa shape index (κ2) is 8.51. The van der Waals surface area contributed by atoms with Gasteiger partial charge in [0.1, 0.15) is 6.04 Å². The van der Waals surface area contributed by atoms with Gasteiger partial charge >= 0.3 is 0 Å². The highest BCUT2D eigenvalue weighted by molar-refractivity contribution is 5.90. The molecule has 0 radical (unpaired) electrons. The number of primary amides is 1. The van der Waals surface area contributed by atoms with Crippen LogP contribution in [-0.4, -0.2) is 35.6 Å². The van der Waals surface area contributed by atoms with Crippen molar-refractivity contribution in [2.24, 2.45) is 5.73 Å². The van der Waals surface area contributed by atoms with E-state index in [1.165, 1.54) is 12.5 Å². The third-order valence-corrected chi connectivity index (χ3v) is 3.37. The maximum atomic E-state index is 11.8. The van der Waals surface area contributed by atoms with Crippen LogP contribution in [0.15, 0.2) is 24.3 Å². The Morgan fingerprint density at radius 3 is 2.23 bits per heavy atom. The SMILES string of the molecule is CC(C)c1ccc(NC(=O)CCN[C@H](C(N)=O)[C@@H](C)O)cc1. The highest BCUT2D eigenvalue weighted by Crippen LogP contribution is 2.17. The minimum atomic E-state index is -0.899. The lowest BCUT2D eigenvalue weighted by Crippen LogP contribution is -2.49. The van der Waals surface area contributed by atoms with Crippen molar-refractivity contribution in [1.29, 1.82) is 0 Å². The van der Waals surface area contributed by atoms with Crippen molar-refractivity contribution in [3.05, 3.63) is 29.8 Å². The molecule has 1 rings (SSSR count). The Bertz CT molecular complexity index is 498. The molecule has 22 heavy (non-hydrogen) atoms. The van der Waals surface area contributed by atoms with E-state index in [-0.39, 0.29) is 18.9 Å². The van der Waals surface area contributed by atoms with Crippen molar-refractivity contribution in [1.82, 2.24) is 5.32 Å². The van der Waals surface area contributed by atoms with Gasteiger partial charge in [-0.1, -0.05) is 26.0 Å². The van der Waals surface area contributed by atoms with Gasteiger partial charge in [0.2, 0.25) is 11.8 Å². The van der Waals surface area contributed by atoms with Crippen molar-refractivity contribution in [3.8, 4) is 0 Å². The number of aliphatic hydroxyl groups excluding tert-OH is 1. The van der Waals surface area contributed by atoms with Gasteiger partial charge in [-0.3, -0.25) is 9.59 Å². The second-order valence-corrected chi connectivity index (χ2v) is 5.65. The molecule has 0 saturated heterocycles. The second-order valence-electron chi connectivity index (χ2n) is 5.65. The number of anilines is 1. The zero-order chi connectivity index (χ0) is 16.7. The number of carbonyl (C=O) groups is 2. The molecule has 6 heteroatoms. The zero-order valence-corrected chi connectivity index (χ0v) is 13.3. The molecular formula is C16H25N3O3. The van der Waals surface area contributed by atoms with Crippen LogP contribution < -0.4 is 16.4 Å². The molecule has 0 heterocycles. The average Bonchev–Trinajstić information content (AvgIpc) is 2.43. The molecule has 0 aliphatic rings. The van der Waals surface area contributed by atoms with E-state index in [4.69, 9.17) is 5.73 Å². The van der Waals surface area contributed by atoms with Gasteiger partial charge in [0, 0.05) is 18.7 Å². The Kier molecular flexibility index (Phi) is 7.01. The molecule has 122 valence electrons. The van der Waals surface area contributed by atoms with E-state index in [0.717, 1.165) is 5.69 Å². The highest BCUT2D eigenvalue weighted by Gasteiger charge is 2.20. The highest BCUT2D eigenvalue weighted by atomic mass is 16.3. The van der Waals surface area contributed by atoms with E-state index in [1.54, 1.807) is 0 Å². The Hall–Kier alpha value is -1.92. The fourth-order valence-electron chi connectivity index (χ4n) is 2.02. The molecule has 0 bridgehead atoms. The topological polar surface area (TPSA) is 104 Å². The van der Waals surface area contributed by atoms with Gasteiger partial charge in [-0.05, 0) is 30.5 Å². The van der Waals surface area contributed by atoms with Crippen molar-refractivity contribution in [2.75, 3.05) is 11.9 Å². The van der Waals surface area contributed by atoms with Gasteiger partial charge in [-0.15, -0.1) is 0 Å². The van der Waals surface area contributed by atoms with Crippen LogP contribution in [-0.2, 0) is 9.59 Å². The summed E-state index contributed by atoms with van der Waals surface area (Å²) in [5.41, 5.74) is 7.10. The summed E-state index contributed by atoms with van der Waals surface area (Å²) < 4.78 is 0. The van der Waals surface area contributed by atoms with Gasteiger partial charge in [0.25, 0.3) is 0 Å². The lowest BCUT2D eigenvalue weighted by molar-refractivity contribution is -0.123. The maximum Gasteiger partial charge on any atom is 0.237 e. The van der Waals surface area contributed by atoms with E-state index in [9.17, 15) is 14.7 Å². The lowest BCUT2D eigenvalue weighted by Gasteiger charge is -2.17. The van der Waals surface area contributed by atoms with E-state index in [2.05, 4.69) is 24.5 Å². The van der Waals surface area contributed by atoms with Crippen LogP contribution >= 0.6 is 0 Å². The average molecular weight is 307 g/mol. The number of benzene rings is 1. The minimum absolute atomic E-state index is 0.168.